The lowest BCUT2D eigenvalue weighted by Crippen LogP contribution is -2.32. The van der Waals surface area contributed by atoms with E-state index in [0.717, 1.165) is 30.8 Å². The molecule has 3 aromatic rings. The number of halogens is 1. The Balaban J connectivity index is 0.00000324. The van der Waals surface area contributed by atoms with E-state index >= 15 is 0 Å². The number of benzene rings is 3. The number of hydrogen-bond donors (Lipinski definition) is 0. The average Bonchev–Trinajstić information content (AvgIpc) is 3.31. The Labute approximate surface area is 196 Å². The van der Waals surface area contributed by atoms with Crippen molar-refractivity contribution in [3.05, 3.63) is 84.2 Å². The van der Waals surface area contributed by atoms with Gasteiger partial charge in [-0.2, -0.15) is 0 Å². The number of anilines is 2. The van der Waals surface area contributed by atoms with Crippen LogP contribution in [0.4, 0.5) is 15.8 Å². The number of para-hydroxylation sites is 1. The zero-order valence-electron chi connectivity index (χ0n) is 19.4. The molecule has 0 saturated carbocycles. The molecule has 0 radical (unpaired) electrons. The van der Waals surface area contributed by atoms with Gasteiger partial charge in [-0.15, -0.1) is 0 Å². The number of ether oxygens (including phenoxy) is 1. The van der Waals surface area contributed by atoms with E-state index in [2.05, 4.69) is 23.9 Å². The zero-order chi connectivity index (χ0) is 23.4. The van der Waals surface area contributed by atoms with E-state index in [9.17, 15) is 9.18 Å². The van der Waals surface area contributed by atoms with Gasteiger partial charge in [-0.05, 0) is 68.5 Å². The molecule has 6 heteroatoms. The Morgan fingerprint density at radius 3 is 2.36 bits per heavy atom. The van der Waals surface area contributed by atoms with Crippen molar-refractivity contribution >= 4 is 17.3 Å². The number of likely N-dealkylation sites (N-methyl/N-ethyl adjacent to an activating group) is 2. The maximum absolute atomic E-state index is 14.9. The number of nitrogens with zero attached hydrogens (tertiary/aromatic N) is 3. The molecule has 3 aromatic carbocycles. The summed E-state index contributed by atoms with van der Waals surface area (Å²) in [7, 11) is 5.79. The molecule has 0 bridgehead atoms. The normalized spacial score (nSPS) is 15.7. The summed E-state index contributed by atoms with van der Waals surface area (Å²) < 4.78 is 20.7. The van der Waals surface area contributed by atoms with E-state index in [4.69, 9.17) is 4.74 Å². The quantitative estimate of drug-likeness (QED) is 0.496. The molecule has 0 aliphatic carbocycles. The second-order valence-electron chi connectivity index (χ2n) is 8.68. The molecule has 33 heavy (non-hydrogen) atoms. The molecular weight excluding hydrogens is 417 g/mol. The van der Waals surface area contributed by atoms with Crippen molar-refractivity contribution in [1.29, 1.82) is 0 Å². The van der Waals surface area contributed by atoms with Crippen molar-refractivity contribution in [3.8, 4) is 11.5 Å². The predicted octanol–water partition coefficient (Wildman–Crippen LogP) is 5.21. The van der Waals surface area contributed by atoms with Crippen LogP contribution in [-0.4, -0.2) is 51.1 Å². The molecule has 1 atom stereocenters. The summed E-state index contributed by atoms with van der Waals surface area (Å²) in [6, 6.07) is 22.5. The standard InChI is InChI=1S/C27H30FN3O2.H2/c1-29(2)22-15-16-31(19-22)26-14-11-21(18-25(26)28)30(3)27(32)17-20-9-12-24(13-10-20)33-23-7-5-4-6-8-23;/h4-14,18,22H,15-17,19H2,1-3H3;1H. The van der Waals surface area contributed by atoms with Crippen LogP contribution < -0.4 is 14.5 Å². The van der Waals surface area contributed by atoms with Crippen molar-refractivity contribution < 1.29 is 15.3 Å². The lowest BCUT2D eigenvalue weighted by Gasteiger charge is -2.23. The highest BCUT2D eigenvalue weighted by Crippen LogP contribution is 2.29. The lowest BCUT2D eigenvalue weighted by atomic mass is 10.1. The van der Waals surface area contributed by atoms with Crippen LogP contribution in [0.3, 0.4) is 0 Å². The molecule has 1 heterocycles. The van der Waals surface area contributed by atoms with Crippen LogP contribution in [0.5, 0.6) is 11.5 Å². The van der Waals surface area contributed by atoms with E-state index < -0.39 is 0 Å². The van der Waals surface area contributed by atoms with Gasteiger partial charge in [0.25, 0.3) is 0 Å². The highest BCUT2D eigenvalue weighted by Gasteiger charge is 2.26. The Morgan fingerprint density at radius 1 is 1.03 bits per heavy atom. The van der Waals surface area contributed by atoms with E-state index in [1.807, 2.05) is 60.7 Å². The summed E-state index contributed by atoms with van der Waals surface area (Å²) in [5.41, 5.74) is 2.02. The zero-order valence-corrected chi connectivity index (χ0v) is 19.4. The second-order valence-corrected chi connectivity index (χ2v) is 8.68. The van der Waals surface area contributed by atoms with Gasteiger partial charge < -0.3 is 19.4 Å². The average molecular weight is 450 g/mol. The molecule has 0 spiro atoms. The third-order valence-corrected chi connectivity index (χ3v) is 6.18. The fraction of sp³-hybridized carbons (Fsp3) is 0.296. The van der Waals surface area contributed by atoms with Gasteiger partial charge in [-0.1, -0.05) is 30.3 Å². The number of rotatable bonds is 7. The minimum atomic E-state index is -0.297. The molecule has 1 unspecified atom stereocenters. The smallest absolute Gasteiger partial charge is 0.231 e. The third kappa shape index (κ3) is 5.52. The molecule has 4 rings (SSSR count). The first-order chi connectivity index (χ1) is 15.9. The van der Waals surface area contributed by atoms with E-state index in [-0.39, 0.29) is 19.6 Å². The molecule has 0 aromatic heterocycles. The van der Waals surface area contributed by atoms with Crippen LogP contribution in [0.1, 0.15) is 13.4 Å². The van der Waals surface area contributed by atoms with Crippen molar-refractivity contribution in [2.75, 3.05) is 44.0 Å². The fourth-order valence-electron chi connectivity index (χ4n) is 4.08. The van der Waals surface area contributed by atoms with Gasteiger partial charge in [-0.25, -0.2) is 4.39 Å². The topological polar surface area (TPSA) is 36.0 Å². The minimum Gasteiger partial charge on any atom is -0.457 e. The van der Waals surface area contributed by atoms with Crippen LogP contribution in [0.25, 0.3) is 0 Å². The fourth-order valence-corrected chi connectivity index (χ4v) is 4.08. The first kappa shape index (κ1) is 22.8. The van der Waals surface area contributed by atoms with Crippen molar-refractivity contribution in [3.63, 3.8) is 0 Å². The van der Waals surface area contributed by atoms with Crippen LogP contribution in [0.15, 0.2) is 72.8 Å². The lowest BCUT2D eigenvalue weighted by molar-refractivity contribution is -0.117. The first-order valence-corrected chi connectivity index (χ1v) is 11.2. The van der Waals surface area contributed by atoms with Gasteiger partial charge in [0.15, 0.2) is 0 Å². The Morgan fingerprint density at radius 2 is 1.73 bits per heavy atom. The van der Waals surface area contributed by atoms with Gasteiger partial charge in [0.1, 0.15) is 17.3 Å². The molecule has 1 aliphatic heterocycles. The van der Waals surface area contributed by atoms with Crippen molar-refractivity contribution in [1.82, 2.24) is 4.90 Å². The number of carbonyl (C=O) groups is 1. The Kier molecular flexibility index (Phi) is 6.94. The third-order valence-electron chi connectivity index (χ3n) is 6.18. The first-order valence-electron chi connectivity index (χ1n) is 11.2. The molecular formula is C27H32FN3O2. The second kappa shape index (κ2) is 10.0. The monoisotopic (exact) mass is 449 g/mol. The summed E-state index contributed by atoms with van der Waals surface area (Å²) in [5.74, 6) is 1.07. The van der Waals surface area contributed by atoms with Gasteiger partial charge >= 0.3 is 0 Å². The molecule has 5 nitrogen and oxygen atoms in total. The minimum absolute atomic E-state index is 0. The molecule has 1 aliphatic rings. The number of carbonyl (C=O) groups excluding carboxylic acids is 1. The van der Waals surface area contributed by atoms with Crippen LogP contribution >= 0.6 is 0 Å². The summed E-state index contributed by atoms with van der Waals surface area (Å²) in [6.07, 6.45) is 1.24. The number of hydrogen-bond acceptors (Lipinski definition) is 4. The van der Waals surface area contributed by atoms with Gasteiger partial charge in [0, 0.05) is 33.3 Å². The predicted molar refractivity (Wildman–Crippen MR) is 133 cm³/mol. The maximum atomic E-state index is 14.9. The van der Waals surface area contributed by atoms with Gasteiger partial charge in [0.05, 0.1) is 12.1 Å². The van der Waals surface area contributed by atoms with Crippen molar-refractivity contribution in [2.45, 2.75) is 18.9 Å². The van der Waals surface area contributed by atoms with Crippen LogP contribution in [0, 0.1) is 5.82 Å². The molecule has 174 valence electrons. The van der Waals surface area contributed by atoms with Crippen LogP contribution in [-0.2, 0) is 11.2 Å². The Hall–Kier alpha value is -3.38. The SMILES string of the molecule is CN(C(=O)Cc1ccc(Oc2ccccc2)cc1)c1ccc(N2CCC(N(C)C)C2)c(F)c1.[HH]. The highest BCUT2D eigenvalue weighted by molar-refractivity contribution is 5.94. The van der Waals surface area contributed by atoms with Crippen LogP contribution in [0.2, 0.25) is 0 Å². The highest BCUT2D eigenvalue weighted by atomic mass is 19.1. The maximum Gasteiger partial charge on any atom is 0.231 e. The summed E-state index contributed by atoms with van der Waals surface area (Å²) in [4.78, 5) is 18.6. The Bertz CT molecular complexity index is 1090. The van der Waals surface area contributed by atoms with Gasteiger partial charge in [-0.3, -0.25) is 4.79 Å². The summed E-state index contributed by atoms with van der Waals surface area (Å²) in [6.45, 7) is 1.64. The molecule has 1 saturated heterocycles. The molecule has 0 N–H and O–H groups in total. The van der Waals surface area contributed by atoms with Crippen molar-refractivity contribution in [2.24, 2.45) is 0 Å². The van der Waals surface area contributed by atoms with Gasteiger partial charge in [0.2, 0.25) is 5.91 Å². The van der Waals surface area contributed by atoms with E-state index in [0.29, 0.717) is 23.2 Å². The number of amides is 1. The van der Waals surface area contributed by atoms with E-state index in [1.54, 1.807) is 13.1 Å². The molecule has 1 fully saturated rings. The summed E-state index contributed by atoms with van der Waals surface area (Å²) >= 11 is 0. The van der Waals surface area contributed by atoms with E-state index in [1.165, 1.54) is 11.0 Å². The summed E-state index contributed by atoms with van der Waals surface area (Å²) in [5, 5.41) is 0. The molecule has 1 amide bonds. The largest absolute Gasteiger partial charge is 0.457 e.